The van der Waals surface area contributed by atoms with E-state index in [0.717, 1.165) is 9.06 Å². The SMILES string of the molecule is COc1cc2c(cc1OC)C(=O)C(=c1cc/c(=c3/ccc(=C4C(=O)c5cc(OC)c(OC)cc5C4=O)s3)s1)C2=O. The molecule has 10 heteroatoms. The number of methoxy groups -OCH3 is 4. The van der Waals surface area contributed by atoms with Crippen LogP contribution in [0.25, 0.3) is 11.1 Å². The molecule has 2 aliphatic carbocycles. The largest absolute Gasteiger partial charge is 0.493 e. The van der Waals surface area contributed by atoms with Crippen LogP contribution in [-0.4, -0.2) is 51.6 Å². The summed E-state index contributed by atoms with van der Waals surface area (Å²) in [6.07, 6.45) is 0. The highest BCUT2D eigenvalue weighted by Gasteiger charge is 2.37. The van der Waals surface area contributed by atoms with Crippen molar-refractivity contribution in [2.75, 3.05) is 28.4 Å². The maximum absolute atomic E-state index is 13.2. The minimum absolute atomic E-state index is 0.0900. The Hall–Kier alpha value is -4.54. The summed E-state index contributed by atoms with van der Waals surface area (Å²) in [6, 6.07) is 13.2. The van der Waals surface area contributed by atoms with E-state index >= 15 is 0 Å². The van der Waals surface area contributed by atoms with Gasteiger partial charge in [-0.15, -0.1) is 22.7 Å². The van der Waals surface area contributed by atoms with Gasteiger partial charge in [-0.1, -0.05) is 0 Å². The fraction of sp³-hybridized carbons (Fsp3) is 0.133. The van der Waals surface area contributed by atoms with Gasteiger partial charge in [-0.05, 0) is 48.5 Å². The van der Waals surface area contributed by atoms with Crippen LogP contribution in [0.5, 0.6) is 23.0 Å². The molecule has 0 bridgehead atoms. The van der Waals surface area contributed by atoms with Crippen molar-refractivity contribution in [2.24, 2.45) is 0 Å². The highest BCUT2D eigenvalue weighted by Crippen LogP contribution is 2.38. The van der Waals surface area contributed by atoms with E-state index in [0.29, 0.717) is 32.1 Å². The average molecular weight is 573 g/mol. The molecular formula is C30H20O8S2. The molecule has 6 rings (SSSR count). The van der Waals surface area contributed by atoms with Crippen LogP contribution in [-0.2, 0) is 0 Å². The molecule has 8 nitrogen and oxygen atoms in total. The number of carbonyl (C=O) groups excluding carboxylic acids is 4. The average Bonchev–Trinajstić information content (AvgIpc) is 3.74. The summed E-state index contributed by atoms with van der Waals surface area (Å²) >= 11 is 2.59. The number of ether oxygens (including phenoxy) is 4. The van der Waals surface area contributed by atoms with E-state index in [1.54, 1.807) is 12.1 Å². The van der Waals surface area contributed by atoms with Crippen LogP contribution < -0.4 is 28.0 Å². The van der Waals surface area contributed by atoms with Gasteiger partial charge in [0, 0.05) is 40.4 Å². The lowest BCUT2D eigenvalue weighted by molar-refractivity contribution is 0.101. The van der Waals surface area contributed by atoms with Crippen LogP contribution in [0.2, 0.25) is 0 Å². The van der Waals surface area contributed by atoms with Gasteiger partial charge in [-0.25, -0.2) is 0 Å². The maximum atomic E-state index is 13.2. The third kappa shape index (κ3) is 3.71. The van der Waals surface area contributed by atoms with Crippen molar-refractivity contribution in [1.82, 2.24) is 0 Å². The summed E-state index contributed by atoms with van der Waals surface area (Å²) in [7, 11) is 5.87. The summed E-state index contributed by atoms with van der Waals surface area (Å²) in [6.45, 7) is 0. The van der Waals surface area contributed by atoms with E-state index in [1.807, 2.05) is 12.1 Å². The Morgan fingerprint density at radius 2 is 0.675 bits per heavy atom. The Morgan fingerprint density at radius 1 is 0.425 bits per heavy atom. The number of ketones is 4. The molecule has 40 heavy (non-hydrogen) atoms. The van der Waals surface area contributed by atoms with Crippen molar-refractivity contribution in [2.45, 2.75) is 0 Å². The Balaban J connectivity index is 1.47. The zero-order valence-electron chi connectivity index (χ0n) is 21.7. The molecule has 0 radical (unpaired) electrons. The van der Waals surface area contributed by atoms with Gasteiger partial charge in [0.2, 0.25) is 0 Å². The normalized spacial score (nSPS) is 15.0. The number of Topliss-reactive ketones (excluding diaryl/α,β-unsaturated/α-hetero) is 4. The summed E-state index contributed by atoms with van der Waals surface area (Å²) in [4.78, 5) is 52.9. The molecule has 2 heterocycles. The first-order valence-corrected chi connectivity index (χ1v) is 13.6. The Morgan fingerprint density at radius 3 is 0.925 bits per heavy atom. The molecule has 0 N–H and O–H groups in total. The molecule has 0 saturated heterocycles. The Labute approximate surface area is 235 Å². The van der Waals surface area contributed by atoms with Gasteiger partial charge in [-0.2, -0.15) is 0 Å². The van der Waals surface area contributed by atoms with Crippen LogP contribution in [0.1, 0.15) is 41.4 Å². The molecule has 2 aromatic carbocycles. The molecule has 0 spiro atoms. The molecule has 0 amide bonds. The third-order valence-electron chi connectivity index (χ3n) is 6.88. The van der Waals surface area contributed by atoms with Gasteiger partial charge < -0.3 is 18.9 Å². The number of carbonyl (C=O) groups is 4. The van der Waals surface area contributed by atoms with E-state index in [-0.39, 0.29) is 56.5 Å². The summed E-state index contributed by atoms with van der Waals surface area (Å²) < 4.78 is 23.8. The number of fused-ring (bicyclic) bond motifs is 2. The molecule has 0 unspecified atom stereocenters. The van der Waals surface area contributed by atoms with Gasteiger partial charge in [0.15, 0.2) is 46.1 Å². The lowest BCUT2D eigenvalue weighted by Gasteiger charge is -2.08. The molecular weight excluding hydrogens is 552 g/mol. The predicted octanol–water partition coefficient (Wildman–Crippen LogP) is 3.59. The molecule has 4 aromatic rings. The van der Waals surface area contributed by atoms with Gasteiger partial charge >= 0.3 is 0 Å². The van der Waals surface area contributed by atoms with Crippen molar-refractivity contribution in [3.05, 3.63) is 88.9 Å². The lowest BCUT2D eigenvalue weighted by Crippen LogP contribution is -2.10. The standard InChI is InChI=1S/C30H20O8S2/c1-35-17-9-13-14(10-18(17)36-2)28(32)25(27(13)31)23-7-5-21(39-23)22-6-8-24(40-22)26-29(33)15-11-19(37-3)20(38-4)12-16(15)30(26)34/h5-12H,1-4H3/b22-21+. The Bertz CT molecular complexity index is 1790. The number of hydrogen-bond donors (Lipinski definition) is 0. The van der Waals surface area contributed by atoms with Crippen LogP contribution in [0, 0.1) is 9.06 Å². The second-order valence-electron chi connectivity index (χ2n) is 8.90. The van der Waals surface area contributed by atoms with Crippen molar-refractivity contribution in [1.29, 1.82) is 0 Å². The first-order valence-electron chi connectivity index (χ1n) is 12.0. The van der Waals surface area contributed by atoms with Crippen molar-refractivity contribution >= 4 is 57.0 Å². The fourth-order valence-electron chi connectivity index (χ4n) is 4.91. The predicted molar refractivity (Wildman–Crippen MR) is 149 cm³/mol. The number of benzene rings is 2. The highest BCUT2D eigenvalue weighted by atomic mass is 32.1. The van der Waals surface area contributed by atoms with E-state index in [9.17, 15) is 19.2 Å². The molecule has 0 aliphatic heterocycles. The smallest absolute Gasteiger partial charge is 0.199 e. The van der Waals surface area contributed by atoms with Gasteiger partial charge in [0.25, 0.3) is 0 Å². The second-order valence-corrected chi connectivity index (χ2v) is 11.1. The van der Waals surface area contributed by atoms with Crippen LogP contribution in [0.4, 0.5) is 0 Å². The van der Waals surface area contributed by atoms with E-state index < -0.39 is 0 Å². The number of thiophene rings is 2. The molecule has 2 aliphatic rings. The van der Waals surface area contributed by atoms with Crippen LogP contribution in [0.3, 0.4) is 0 Å². The van der Waals surface area contributed by atoms with Gasteiger partial charge in [-0.3, -0.25) is 19.2 Å². The molecule has 0 saturated carbocycles. The van der Waals surface area contributed by atoms with E-state index in [1.165, 1.54) is 75.4 Å². The molecule has 200 valence electrons. The topological polar surface area (TPSA) is 105 Å². The summed E-state index contributed by atoms with van der Waals surface area (Å²) in [5, 5.41) is 0. The second kappa shape index (κ2) is 9.58. The minimum atomic E-state index is -0.373. The fourth-order valence-corrected chi connectivity index (χ4v) is 7.09. The maximum Gasteiger partial charge on any atom is 0.199 e. The van der Waals surface area contributed by atoms with Gasteiger partial charge in [0.1, 0.15) is 0 Å². The van der Waals surface area contributed by atoms with Crippen LogP contribution >= 0.6 is 22.7 Å². The lowest BCUT2D eigenvalue weighted by atomic mass is 10.1. The number of hydrogen-bond acceptors (Lipinski definition) is 10. The Kier molecular flexibility index (Phi) is 6.16. The third-order valence-corrected chi connectivity index (χ3v) is 9.28. The molecule has 2 aromatic heterocycles. The zero-order valence-corrected chi connectivity index (χ0v) is 23.3. The van der Waals surface area contributed by atoms with Crippen molar-refractivity contribution < 1.29 is 38.1 Å². The summed E-state index contributed by atoms with van der Waals surface area (Å²) in [5.74, 6) is -0.0121. The number of rotatable bonds is 4. The summed E-state index contributed by atoms with van der Waals surface area (Å²) in [5.41, 5.74) is 1.27. The molecule has 0 atom stereocenters. The van der Waals surface area contributed by atoms with Crippen molar-refractivity contribution in [3.8, 4) is 23.0 Å². The van der Waals surface area contributed by atoms with Crippen LogP contribution in [0.15, 0.2) is 48.5 Å². The first kappa shape index (κ1) is 25.7. The molecule has 0 fully saturated rings. The first-order chi connectivity index (χ1) is 19.3. The monoisotopic (exact) mass is 572 g/mol. The quantitative estimate of drug-likeness (QED) is 0.366. The van der Waals surface area contributed by atoms with E-state index in [4.69, 9.17) is 18.9 Å². The van der Waals surface area contributed by atoms with Crippen molar-refractivity contribution in [3.63, 3.8) is 0 Å². The zero-order chi connectivity index (χ0) is 28.3. The minimum Gasteiger partial charge on any atom is -0.493 e. The van der Waals surface area contributed by atoms with Gasteiger partial charge in [0.05, 0.1) is 39.6 Å². The van der Waals surface area contributed by atoms with E-state index in [2.05, 4.69) is 0 Å². The highest BCUT2D eigenvalue weighted by molar-refractivity contribution is 7.12.